The maximum Gasteiger partial charge on any atom is 0.318 e. The molecule has 4 rings (SSSR count). The Kier molecular flexibility index (Phi) is 6.74. The van der Waals surface area contributed by atoms with Crippen LogP contribution in [0.15, 0.2) is 34.6 Å². The zero-order valence-corrected chi connectivity index (χ0v) is 18.8. The molecule has 2 atom stereocenters. The molecule has 0 saturated carbocycles. The molecule has 2 fully saturated rings. The van der Waals surface area contributed by atoms with Gasteiger partial charge in [-0.25, -0.2) is 0 Å². The molecule has 2 saturated heterocycles. The number of rotatable bonds is 6. The van der Waals surface area contributed by atoms with Gasteiger partial charge in [-0.3, -0.25) is 14.4 Å². The molecule has 3 aliphatic rings. The second-order valence-electron chi connectivity index (χ2n) is 8.39. The highest BCUT2D eigenvalue weighted by Crippen LogP contribution is 2.50. The first-order chi connectivity index (χ1) is 15.0. The van der Waals surface area contributed by atoms with Crippen molar-refractivity contribution in [2.24, 2.45) is 11.3 Å². The molecule has 0 aromatic carbocycles. The van der Waals surface area contributed by atoms with Gasteiger partial charge in [-0.2, -0.15) is 11.8 Å². The fourth-order valence-electron chi connectivity index (χ4n) is 4.98. The van der Waals surface area contributed by atoms with Gasteiger partial charge >= 0.3 is 5.97 Å². The summed E-state index contributed by atoms with van der Waals surface area (Å²) < 4.78 is 11.0. The predicted octanol–water partition coefficient (Wildman–Crippen LogP) is 3.21. The number of allylic oxidation sites excluding steroid dienone is 1. The molecule has 3 heterocycles. The third kappa shape index (κ3) is 4.40. The lowest BCUT2D eigenvalue weighted by Crippen LogP contribution is -2.54. The molecule has 2 aliphatic heterocycles. The number of carbonyl (C=O) groups is 3. The molecule has 0 bridgehead atoms. The second kappa shape index (κ2) is 9.51. The summed E-state index contributed by atoms with van der Waals surface area (Å²) in [4.78, 5) is 43.3. The second-order valence-corrected chi connectivity index (χ2v) is 9.61. The van der Waals surface area contributed by atoms with Crippen molar-refractivity contribution in [3.63, 3.8) is 0 Å². The van der Waals surface area contributed by atoms with E-state index in [1.165, 1.54) is 0 Å². The molecule has 2 amide bonds. The van der Waals surface area contributed by atoms with Gasteiger partial charge in [0.05, 0.1) is 19.4 Å². The number of hydrogen-bond donors (Lipinski definition) is 0. The summed E-state index contributed by atoms with van der Waals surface area (Å²) >= 11 is 1.84. The molecule has 1 aliphatic carbocycles. The van der Waals surface area contributed by atoms with Crippen LogP contribution in [0.1, 0.15) is 44.8 Å². The zero-order valence-electron chi connectivity index (χ0n) is 18.0. The largest absolute Gasteiger partial charge is 0.467 e. The molecular weight excluding hydrogens is 416 g/mol. The Morgan fingerprint density at radius 2 is 2.13 bits per heavy atom. The lowest BCUT2D eigenvalue weighted by atomic mass is 9.66. The average molecular weight is 447 g/mol. The first-order valence-electron chi connectivity index (χ1n) is 11.1. The summed E-state index contributed by atoms with van der Waals surface area (Å²) in [6.45, 7) is 3.77. The Morgan fingerprint density at radius 3 is 2.84 bits per heavy atom. The van der Waals surface area contributed by atoms with Crippen molar-refractivity contribution in [2.75, 3.05) is 31.2 Å². The summed E-state index contributed by atoms with van der Waals surface area (Å²) in [5.41, 5.74) is -0.158. The van der Waals surface area contributed by atoms with Crippen molar-refractivity contribution in [1.29, 1.82) is 0 Å². The minimum Gasteiger partial charge on any atom is -0.467 e. The normalized spacial score (nSPS) is 26.3. The van der Waals surface area contributed by atoms with E-state index in [0.29, 0.717) is 31.7 Å². The molecule has 0 N–H and O–H groups in total. The Hall–Kier alpha value is -2.22. The van der Waals surface area contributed by atoms with E-state index in [2.05, 4.69) is 0 Å². The minimum atomic E-state index is -0.878. The Morgan fingerprint density at radius 1 is 1.32 bits per heavy atom. The topological polar surface area (TPSA) is 80.1 Å². The van der Waals surface area contributed by atoms with Crippen molar-refractivity contribution in [3.8, 4) is 0 Å². The van der Waals surface area contributed by atoms with Crippen LogP contribution in [0, 0.1) is 11.3 Å². The van der Waals surface area contributed by atoms with Crippen LogP contribution in [0.2, 0.25) is 0 Å². The van der Waals surface area contributed by atoms with Crippen LogP contribution in [0.5, 0.6) is 0 Å². The van der Waals surface area contributed by atoms with Gasteiger partial charge in [-0.15, -0.1) is 0 Å². The molecule has 1 aromatic rings. The van der Waals surface area contributed by atoms with Crippen molar-refractivity contribution in [3.05, 3.63) is 35.9 Å². The van der Waals surface area contributed by atoms with E-state index in [4.69, 9.17) is 9.15 Å². The van der Waals surface area contributed by atoms with E-state index in [9.17, 15) is 14.4 Å². The number of thioether (sulfide) groups is 1. The maximum atomic E-state index is 13.6. The number of furan rings is 1. The van der Waals surface area contributed by atoms with Crippen molar-refractivity contribution in [1.82, 2.24) is 9.80 Å². The van der Waals surface area contributed by atoms with Crippen molar-refractivity contribution >= 4 is 29.5 Å². The fraction of sp³-hybridized carbons (Fsp3) is 0.609. The van der Waals surface area contributed by atoms with Gasteiger partial charge in [0.2, 0.25) is 11.8 Å². The molecule has 8 heteroatoms. The average Bonchev–Trinajstić information content (AvgIpc) is 3.30. The highest BCUT2D eigenvalue weighted by atomic mass is 32.2. The molecule has 31 heavy (non-hydrogen) atoms. The number of amides is 2. The van der Waals surface area contributed by atoms with E-state index in [1.54, 1.807) is 24.2 Å². The maximum absolute atomic E-state index is 13.6. The fourth-order valence-corrected chi connectivity index (χ4v) is 5.88. The third-order valence-corrected chi connectivity index (χ3v) is 7.42. The monoisotopic (exact) mass is 446 g/mol. The Bertz CT molecular complexity index is 846. The minimum absolute atomic E-state index is 0.00107. The summed E-state index contributed by atoms with van der Waals surface area (Å²) in [7, 11) is 0. The van der Waals surface area contributed by atoms with Gasteiger partial charge in [0.25, 0.3) is 0 Å². The van der Waals surface area contributed by atoms with Crippen LogP contribution in [0.25, 0.3) is 0 Å². The number of hydrogen-bond acceptors (Lipinski definition) is 6. The molecular formula is C23H30N2O5S. The number of carbonyl (C=O) groups excluding carboxylic acids is 3. The number of nitrogens with zero attached hydrogens (tertiary/aromatic N) is 2. The van der Waals surface area contributed by atoms with E-state index in [-0.39, 0.29) is 37.4 Å². The summed E-state index contributed by atoms with van der Waals surface area (Å²) in [6.07, 6.45) is 6.34. The lowest BCUT2D eigenvalue weighted by Gasteiger charge is -2.48. The van der Waals surface area contributed by atoms with Crippen LogP contribution in [-0.2, 0) is 25.7 Å². The van der Waals surface area contributed by atoms with Crippen LogP contribution in [0.3, 0.4) is 0 Å². The van der Waals surface area contributed by atoms with Crippen LogP contribution >= 0.6 is 11.8 Å². The molecule has 0 unspecified atom stereocenters. The molecule has 1 aromatic heterocycles. The number of ether oxygens (including phenoxy) is 1. The summed E-state index contributed by atoms with van der Waals surface area (Å²) in [5.74, 6) is 1.56. The summed E-state index contributed by atoms with van der Waals surface area (Å²) in [6, 6.07) is 3.61. The SMILES string of the molecule is CCOC(=O)[C@]12CCCC=C1N(Cc1ccco1)C(=O)[C@H](CC(=O)N1CCSCC1)C2. The van der Waals surface area contributed by atoms with Crippen LogP contribution in [-0.4, -0.2) is 58.8 Å². The van der Waals surface area contributed by atoms with E-state index in [0.717, 1.165) is 30.0 Å². The number of piperidine rings is 1. The van der Waals surface area contributed by atoms with Gasteiger partial charge in [0, 0.05) is 42.6 Å². The highest BCUT2D eigenvalue weighted by Gasteiger charge is 2.54. The van der Waals surface area contributed by atoms with Gasteiger partial charge < -0.3 is 19.0 Å². The van der Waals surface area contributed by atoms with Crippen molar-refractivity contribution < 1.29 is 23.5 Å². The number of fused-ring (bicyclic) bond motifs is 1. The standard InChI is InChI=1S/C23H30N2O5S/c1-2-29-22(28)23-8-4-3-7-19(23)25(16-18-6-5-11-30-18)21(27)17(15-23)14-20(26)24-9-12-31-13-10-24/h5-7,11,17H,2-4,8-10,12-16H2,1H3/t17-,23+/m1/s1. The molecule has 0 spiro atoms. The highest BCUT2D eigenvalue weighted by molar-refractivity contribution is 7.99. The zero-order chi connectivity index (χ0) is 21.8. The first kappa shape index (κ1) is 22.0. The van der Waals surface area contributed by atoms with E-state index >= 15 is 0 Å². The van der Waals surface area contributed by atoms with Gasteiger partial charge in [-0.1, -0.05) is 6.08 Å². The first-order valence-corrected chi connectivity index (χ1v) is 12.3. The van der Waals surface area contributed by atoms with Crippen molar-refractivity contribution in [2.45, 2.75) is 45.6 Å². The van der Waals surface area contributed by atoms with E-state index in [1.807, 2.05) is 28.8 Å². The van der Waals surface area contributed by atoms with E-state index < -0.39 is 11.3 Å². The lowest BCUT2D eigenvalue weighted by molar-refractivity contribution is -0.163. The molecule has 7 nitrogen and oxygen atoms in total. The van der Waals surface area contributed by atoms with Gasteiger partial charge in [-0.05, 0) is 44.7 Å². The number of likely N-dealkylation sites (tertiary alicyclic amines) is 1. The molecule has 168 valence electrons. The van der Waals surface area contributed by atoms with Crippen LogP contribution < -0.4 is 0 Å². The Labute approximate surface area is 187 Å². The third-order valence-electron chi connectivity index (χ3n) is 6.48. The van der Waals surface area contributed by atoms with Gasteiger partial charge in [0.15, 0.2) is 0 Å². The smallest absolute Gasteiger partial charge is 0.318 e. The summed E-state index contributed by atoms with van der Waals surface area (Å²) in [5, 5.41) is 0. The van der Waals surface area contributed by atoms with Crippen LogP contribution in [0.4, 0.5) is 0 Å². The molecule has 0 radical (unpaired) electrons. The number of esters is 1. The predicted molar refractivity (Wildman–Crippen MR) is 117 cm³/mol. The quantitative estimate of drug-likeness (QED) is 0.625. The Balaban J connectivity index is 1.64. The van der Waals surface area contributed by atoms with Gasteiger partial charge in [0.1, 0.15) is 11.2 Å².